The van der Waals surface area contributed by atoms with Crippen LogP contribution in [0.5, 0.6) is 0 Å². The molecule has 0 saturated carbocycles. The van der Waals surface area contributed by atoms with Gasteiger partial charge in [-0.3, -0.25) is 29.0 Å². The zero-order valence-corrected chi connectivity index (χ0v) is 87.6. The van der Waals surface area contributed by atoms with Crippen LogP contribution in [0, 0.1) is 47.2 Å². The van der Waals surface area contributed by atoms with E-state index in [1.165, 1.54) is 49.5 Å². The van der Waals surface area contributed by atoms with Gasteiger partial charge < -0.3 is 13.7 Å². The Morgan fingerprint density at radius 1 is 0.269 bits per heavy atom. The maximum absolute atomic E-state index is 5.17. The van der Waals surface area contributed by atoms with Crippen LogP contribution in [0.25, 0.3) is 144 Å². The Balaban J connectivity index is 0.000000144. The van der Waals surface area contributed by atoms with Gasteiger partial charge in [0.1, 0.15) is 0 Å². The normalized spacial score (nSPS) is 12.5. The van der Waals surface area contributed by atoms with Gasteiger partial charge in [0, 0.05) is 92.6 Å². The number of benzene rings is 14. The predicted molar refractivity (Wildman–Crippen MR) is 583 cm³/mol. The van der Waals surface area contributed by atoms with Crippen LogP contribution in [0.3, 0.4) is 0 Å². The summed E-state index contributed by atoms with van der Waals surface area (Å²) in [5.74, 6) is 0. The molecule has 0 radical (unpaired) electrons. The minimum Gasteiger partial charge on any atom is -0.358 e. The van der Waals surface area contributed by atoms with Crippen molar-refractivity contribution in [1.29, 1.82) is 0 Å². The van der Waals surface area contributed by atoms with E-state index in [1.54, 1.807) is 0 Å². The fourth-order valence-corrected chi connectivity index (χ4v) is 21.9. The summed E-state index contributed by atoms with van der Waals surface area (Å²) in [5.41, 5.74) is 30.6. The van der Waals surface area contributed by atoms with Crippen LogP contribution in [0.15, 0.2) is 402 Å². The van der Waals surface area contributed by atoms with E-state index in [4.69, 9.17) is 20.2 Å². The van der Waals surface area contributed by atoms with Crippen molar-refractivity contribution in [2.45, 2.75) is 131 Å². The Kier molecular flexibility index (Phi) is 27.7. The van der Waals surface area contributed by atoms with E-state index in [0.717, 1.165) is 151 Å². The average molecular weight is 2160 g/mol. The van der Waals surface area contributed by atoms with Gasteiger partial charge in [-0.1, -0.05) is 338 Å². The topological polar surface area (TPSA) is 107 Å². The summed E-state index contributed by atoms with van der Waals surface area (Å²) in [6.45, 7) is 32.1. The van der Waals surface area contributed by atoms with Gasteiger partial charge in [0.25, 0.3) is 0 Å². The molecule has 0 amide bonds. The fraction of sp³-hybridized carbons (Fsp3) is 0.169. The molecule has 1 aliphatic rings. The van der Waals surface area contributed by atoms with Crippen LogP contribution in [-0.2, 0) is 88.3 Å². The van der Waals surface area contributed by atoms with E-state index in [0.29, 0.717) is 0 Å². The predicted octanol–water partition coefficient (Wildman–Crippen LogP) is 31.2. The molecule has 12 nitrogen and oxygen atoms in total. The quantitative estimate of drug-likeness (QED) is 0.0748. The van der Waals surface area contributed by atoms with Crippen molar-refractivity contribution in [2.24, 2.45) is 10.8 Å². The van der Waals surface area contributed by atoms with Gasteiger partial charge in [0.2, 0.25) is 0 Å². The Bertz CT molecular complexity index is 8540. The molecule has 0 fully saturated rings. The van der Waals surface area contributed by atoms with E-state index in [-0.39, 0.29) is 95.8 Å². The molecule has 23 aromatic rings. The SMILES string of the molecule is C.CC(C)(C)C(c1[c-]c(-n2c3[c-]c(-n4cc(-c5ccccc5)cn4)ccc3c3ccccc32)ccc1)(c1ccccn1)C(C)(C)C.CC(C)(C)c1ccc2c(c1)-c1cc(C(C)(C)C)ccc1C2(c1[c-]c(-n2c3[c-]c(-n4cc(-c5ccccc5)cn4)ccc3c3ccccc32)ccc1)c1ccccn1.CC(C)(c1[c-]c(-n2c3[c-]c(-n4cc(-c5ccccc5)cn4)ccc3c3ccccc32)ccc1)c1ccccn1.[Pd+2].[Pd+2].[Pd+2]. The molecular formula is C130H112N12Pd3. The average Bonchev–Trinajstić information content (AvgIpc) is 0.826. The minimum absolute atomic E-state index is 0. The first-order valence-corrected chi connectivity index (χ1v) is 48.5. The summed E-state index contributed by atoms with van der Waals surface area (Å²) in [7, 11) is 0. The number of nitrogens with zero attached hydrogens (tertiary/aromatic N) is 12. The van der Waals surface area contributed by atoms with Gasteiger partial charge >= 0.3 is 61.3 Å². The zero-order valence-electron chi connectivity index (χ0n) is 82.9. The smallest absolute Gasteiger partial charge is 0.358 e. The molecule has 9 heterocycles. The maximum Gasteiger partial charge on any atom is 2.00 e. The van der Waals surface area contributed by atoms with Crippen molar-refractivity contribution in [3.8, 4) is 78.6 Å². The van der Waals surface area contributed by atoms with E-state index in [2.05, 4.69) is 467 Å². The molecule has 0 saturated heterocycles. The van der Waals surface area contributed by atoms with Crippen LogP contribution in [0.4, 0.5) is 0 Å². The van der Waals surface area contributed by atoms with E-state index >= 15 is 0 Å². The van der Waals surface area contributed by atoms with Gasteiger partial charge in [-0.15, -0.1) is 87.4 Å². The van der Waals surface area contributed by atoms with Crippen molar-refractivity contribution >= 4 is 65.4 Å². The van der Waals surface area contributed by atoms with Gasteiger partial charge in [0.05, 0.1) is 29.7 Å². The first kappa shape index (κ1) is 101. The molecule has 0 spiro atoms. The summed E-state index contributed by atoms with van der Waals surface area (Å²) < 4.78 is 12.6. The molecule has 9 aromatic heterocycles. The maximum atomic E-state index is 5.17. The fourth-order valence-electron chi connectivity index (χ4n) is 21.9. The van der Waals surface area contributed by atoms with Crippen LogP contribution < -0.4 is 0 Å². The summed E-state index contributed by atoms with van der Waals surface area (Å²) in [6.07, 6.45) is 17.6. The Hall–Kier alpha value is -14.5. The second-order valence-corrected chi connectivity index (χ2v) is 41.6. The van der Waals surface area contributed by atoms with E-state index < -0.39 is 10.8 Å². The third-order valence-corrected chi connectivity index (χ3v) is 28.6. The zero-order chi connectivity index (χ0) is 96.9. The summed E-state index contributed by atoms with van der Waals surface area (Å²) in [5, 5.41) is 21.1. The van der Waals surface area contributed by atoms with Crippen molar-refractivity contribution < 1.29 is 61.3 Å². The Morgan fingerprint density at radius 3 is 0.986 bits per heavy atom. The van der Waals surface area contributed by atoms with Crippen LogP contribution in [0.1, 0.15) is 160 Å². The van der Waals surface area contributed by atoms with Gasteiger partial charge in [-0.25, -0.2) is 0 Å². The summed E-state index contributed by atoms with van der Waals surface area (Å²) in [4.78, 5) is 14.8. The number of rotatable bonds is 15. The van der Waals surface area contributed by atoms with Crippen molar-refractivity contribution in [2.75, 3.05) is 0 Å². The number of pyridine rings is 3. The third kappa shape index (κ3) is 18.0. The van der Waals surface area contributed by atoms with E-state index in [9.17, 15) is 0 Å². The minimum atomic E-state index is -0.703. The number of aromatic nitrogens is 12. The van der Waals surface area contributed by atoms with Crippen molar-refractivity contribution in [1.82, 2.24) is 58.0 Å². The molecule has 0 atom stereocenters. The molecule has 15 heteroatoms. The summed E-state index contributed by atoms with van der Waals surface area (Å²) >= 11 is 0. The molecule has 0 bridgehead atoms. The van der Waals surface area contributed by atoms with Gasteiger partial charge in [-0.05, 0) is 160 Å². The molecule has 722 valence electrons. The van der Waals surface area contributed by atoms with E-state index in [1.807, 2.05) is 106 Å². The first-order chi connectivity index (χ1) is 68.2. The van der Waals surface area contributed by atoms with Crippen molar-refractivity contribution in [3.05, 3.63) is 494 Å². The Morgan fingerprint density at radius 2 is 0.614 bits per heavy atom. The van der Waals surface area contributed by atoms with Crippen LogP contribution >= 0.6 is 0 Å². The first-order valence-electron chi connectivity index (χ1n) is 48.5. The second-order valence-electron chi connectivity index (χ2n) is 41.6. The second kappa shape index (κ2) is 39.9. The van der Waals surface area contributed by atoms with Gasteiger partial charge in [-0.2, -0.15) is 88.1 Å². The summed E-state index contributed by atoms with van der Waals surface area (Å²) in [6, 6.07) is 145. The standard InChI is InChI=1S/C53H44N4.C41H38N4.C35H26N4.CH4.3Pd/c1-51(2,3)37-22-26-46-44(30-37)45-31-38(52(4,5)6)23-27-47(45)53(46,50-21-12-13-28-54-50)39-17-14-18-41(29-39)57-48-20-11-10-19-42(48)43-25-24-40(32-49(43)57)56-34-36(33-55-56)35-15-8-7-9-16-35;1-39(2,3)41(40(4,5)6,38-21-12-13-24-42-38)31-17-14-18-33(25-31)45-36-20-11-10-19-34(36)35-23-22-32(26-37(35)45)44-28-30(27-43-44)29-15-8-7-9-16-29;1-35(2,34-17-8-9-20-36-34)27-13-10-14-29(21-27)39-32-16-7-6-15-30(32)31-19-18-28(22-33(31)39)38-24-26(23-37-38)25-11-4-3-5-12-25;;;;/h7-28,30-31,33-34H,1-6H3;7-24,27-28H,1-6H3;3-20,23-24H,1-2H3;1H4;;;/q3*-2;;3*+2. The van der Waals surface area contributed by atoms with Gasteiger partial charge in [0.15, 0.2) is 0 Å². The number of hydrogen-bond donors (Lipinski definition) is 0. The third-order valence-electron chi connectivity index (χ3n) is 28.6. The van der Waals surface area contributed by atoms with Crippen LogP contribution in [-0.4, -0.2) is 58.0 Å². The number of para-hydroxylation sites is 3. The number of hydrogen-bond acceptors (Lipinski definition) is 6. The van der Waals surface area contributed by atoms with Crippen LogP contribution in [0.2, 0.25) is 0 Å². The molecule has 0 N–H and O–H groups in total. The molecule has 0 unspecified atom stereocenters. The molecule has 14 aromatic carbocycles. The monoisotopic (exact) mass is 2160 g/mol. The largest absolute Gasteiger partial charge is 2.00 e. The molecule has 145 heavy (non-hydrogen) atoms. The van der Waals surface area contributed by atoms with Crippen molar-refractivity contribution in [3.63, 3.8) is 0 Å². The molecule has 1 aliphatic carbocycles. The number of fused-ring (bicyclic) bond motifs is 12. The molecular weight excluding hydrogens is 2050 g/mol. The Labute approximate surface area is 892 Å². The molecule has 0 aliphatic heterocycles. The molecule has 24 rings (SSSR count).